The smallest absolute Gasteiger partial charge is 0.309 e. The fourth-order valence-electron chi connectivity index (χ4n) is 1.17. The zero-order valence-corrected chi connectivity index (χ0v) is 8.56. The number of amides is 1. The lowest BCUT2D eigenvalue weighted by Gasteiger charge is -2.00. The first kappa shape index (κ1) is 11.2. The SMILES string of the molecule is CCNC(=O)Cn1cc([N+](=O)[O-])c(C)n1. The minimum absolute atomic E-state index is 0.00250. The largest absolute Gasteiger partial charge is 0.355 e. The molecule has 1 aromatic heterocycles. The first-order valence-corrected chi connectivity index (χ1v) is 4.49. The van der Waals surface area contributed by atoms with E-state index >= 15 is 0 Å². The number of likely N-dealkylation sites (N-methyl/N-ethyl adjacent to an activating group) is 1. The molecule has 0 aromatic carbocycles. The minimum Gasteiger partial charge on any atom is -0.355 e. The summed E-state index contributed by atoms with van der Waals surface area (Å²) in [4.78, 5) is 21.1. The van der Waals surface area contributed by atoms with E-state index in [0.717, 1.165) is 0 Å². The van der Waals surface area contributed by atoms with Crippen LogP contribution in [0.2, 0.25) is 0 Å². The van der Waals surface area contributed by atoms with Crippen LogP contribution in [0.1, 0.15) is 12.6 Å². The Labute approximate surface area is 86.2 Å². The van der Waals surface area contributed by atoms with E-state index in [4.69, 9.17) is 0 Å². The lowest BCUT2D eigenvalue weighted by atomic mass is 10.4. The molecule has 0 aliphatic carbocycles. The lowest BCUT2D eigenvalue weighted by Crippen LogP contribution is -2.27. The van der Waals surface area contributed by atoms with Crippen molar-refractivity contribution in [1.82, 2.24) is 15.1 Å². The predicted molar refractivity (Wildman–Crippen MR) is 52.3 cm³/mol. The van der Waals surface area contributed by atoms with Crippen molar-refractivity contribution in [3.63, 3.8) is 0 Å². The maximum Gasteiger partial charge on any atom is 0.309 e. The molecule has 1 rings (SSSR count). The molecule has 1 aromatic rings. The van der Waals surface area contributed by atoms with Crippen molar-refractivity contribution in [3.05, 3.63) is 22.0 Å². The molecular formula is C8H12N4O3. The van der Waals surface area contributed by atoms with Gasteiger partial charge in [-0.25, -0.2) is 0 Å². The molecule has 1 amide bonds. The Bertz CT molecular complexity index is 385. The molecule has 0 radical (unpaired) electrons. The molecule has 7 heteroatoms. The number of carbonyl (C=O) groups excluding carboxylic acids is 1. The summed E-state index contributed by atoms with van der Waals surface area (Å²) in [7, 11) is 0. The van der Waals surface area contributed by atoms with Gasteiger partial charge in [0.15, 0.2) is 0 Å². The van der Waals surface area contributed by atoms with Gasteiger partial charge in [0.1, 0.15) is 18.4 Å². The van der Waals surface area contributed by atoms with Crippen LogP contribution in [0, 0.1) is 17.0 Å². The lowest BCUT2D eigenvalue weighted by molar-refractivity contribution is -0.385. The van der Waals surface area contributed by atoms with E-state index in [0.29, 0.717) is 12.2 Å². The van der Waals surface area contributed by atoms with Gasteiger partial charge in [-0.2, -0.15) is 5.10 Å². The Morgan fingerprint density at radius 1 is 1.73 bits per heavy atom. The number of aromatic nitrogens is 2. The molecule has 0 aliphatic heterocycles. The standard InChI is InChI=1S/C8H12N4O3/c1-3-9-8(13)5-11-4-7(12(14)15)6(2)10-11/h4H,3,5H2,1-2H3,(H,9,13). The second kappa shape index (κ2) is 4.54. The normalized spacial score (nSPS) is 10.0. The molecule has 1 N–H and O–H groups in total. The van der Waals surface area contributed by atoms with E-state index in [-0.39, 0.29) is 18.1 Å². The van der Waals surface area contributed by atoms with Crippen molar-refractivity contribution in [3.8, 4) is 0 Å². The van der Waals surface area contributed by atoms with Crippen molar-refractivity contribution in [2.24, 2.45) is 0 Å². The van der Waals surface area contributed by atoms with Gasteiger partial charge in [0.25, 0.3) is 0 Å². The van der Waals surface area contributed by atoms with E-state index in [9.17, 15) is 14.9 Å². The summed E-state index contributed by atoms with van der Waals surface area (Å²) in [6.07, 6.45) is 1.25. The van der Waals surface area contributed by atoms with Crippen molar-refractivity contribution >= 4 is 11.6 Å². The number of carbonyl (C=O) groups is 1. The number of nitrogens with one attached hydrogen (secondary N) is 1. The summed E-state index contributed by atoms with van der Waals surface area (Å²) in [6, 6.07) is 0. The van der Waals surface area contributed by atoms with Gasteiger partial charge in [-0.15, -0.1) is 0 Å². The van der Waals surface area contributed by atoms with Crippen LogP contribution in [-0.2, 0) is 11.3 Å². The highest BCUT2D eigenvalue weighted by molar-refractivity contribution is 5.75. The maximum atomic E-state index is 11.2. The summed E-state index contributed by atoms with van der Waals surface area (Å²) in [5.74, 6) is -0.213. The van der Waals surface area contributed by atoms with E-state index in [2.05, 4.69) is 10.4 Å². The molecule has 0 saturated carbocycles. The number of aryl methyl sites for hydroxylation is 1. The summed E-state index contributed by atoms with van der Waals surface area (Å²) in [6.45, 7) is 3.87. The average Bonchev–Trinajstić information content (AvgIpc) is 2.47. The molecule has 15 heavy (non-hydrogen) atoms. The van der Waals surface area contributed by atoms with Crippen LogP contribution in [0.3, 0.4) is 0 Å². The van der Waals surface area contributed by atoms with Crippen LogP contribution in [0.4, 0.5) is 5.69 Å². The van der Waals surface area contributed by atoms with Gasteiger partial charge in [0, 0.05) is 6.54 Å². The molecule has 0 saturated heterocycles. The van der Waals surface area contributed by atoms with Gasteiger partial charge in [0.2, 0.25) is 5.91 Å². The quantitative estimate of drug-likeness (QED) is 0.571. The first-order valence-electron chi connectivity index (χ1n) is 4.49. The van der Waals surface area contributed by atoms with Crippen LogP contribution >= 0.6 is 0 Å². The first-order chi connectivity index (χ1) is 7.04. The Hall–Kier alpha value is -1.92. The number of nitro groups is 1. The Balaban J connectivity index is 2.75. The molecular weight excluding hydrogens is 200 g/mol. The number of hydrogen-bond donors (Lipinski definition) is 1. The van der Waals surface area contributed by atoms with Gasteiger partial charge in [-0.05, 0) is 13.8 Å². The van der Waals surface area contributed by atoms with Gasteiger partial charge in [-0.3, -0.25) is 19.6 Å². The highest BCUT2D eigenvalue weighted by Gasteiger charge is 2.16. The molecule has 0 unspecified atom stereocenters. The Kier molecular flexibility index (Phi) is 3.37. The minimum atomic E-state index is -0.517. The zero-order chi connectivity index (χ0) is 11.4. The van der Waals surface area contributed by atoms with Crippen molar-refractivity contribution in [1.29, 1.82) is 0 Å². The highest BCUT2D eigenvalue weighted by atomic mass is 16.6. The molecule has 0 aliphatic rings. The van der Waals surface area contributed by atoms with Crippen LogP contribution in [0.15, 0.2) is 6.20 Å². The average molecular weight is 212 g/mol. The molecule has 0 atom stereocenters. The second-order valence-corrected chi connectivity index (χ2v) is 3.01. The molecule has 0 spiro atoms. The van der Waals surface area contributed by atoms with E-state index in [1.807, 2.05) is 0 Å². The summed E-state index contributed by atoms with van der Waals surface area (Å²) in [5, 5.41) is 16.9. The molecule has 82 valence electrons. The third-order valence-corrected chi connectivity index (χ3v) is 1.80. The van der Waals surface area contributed by atoms with Gasteiger partial charge in [0.05, 0.1) is 4.92 Å². The fourth-order valence-corrected chi connectivity index (χ4v) is 1.17. The fraction of sp³-hybridized carbons (Fsp3) is 0.500. The van der Waals surface area contributed by atoms with Crippen LogP contribution in [0.5, 0.6) is 0 Å². The Morgan fingerprint density at radius 2 is 2.40 bits per heavy atom. The number of hydrogen-bond acceptors (Lipinski definition) is 4. The third kappa shape index (κ3) is 2.76. The van der Waals surface area contributed by atoms with Gasteiger partial charge in [-0.1, -0.05) is 0 Å². The monoisotopic (exact) mass is 212 g/mol. The van der Waals surface area contributed by atoms with E-state index in [1.54, 1.807) is 6.92 Å². The number of nitrogens with zero attached hydrogens (tertiary/aromatic N) is 3. The van der Waals surface area contributed by atoms with Crippen molar-refractivity contribution in [2.45, 2.75) is 20.4 Å². The maximum absolute atomic E-state index is 11.2. The van der Waals surface area contributed by atoms with Crippen LogP contribution in [0.25, 0.3) is 0 Å². The van der Waals surface area contributed by atoms with Crippen molar-refractivity contribution in [2.75, 3.05) is 6.54 Å². The van der Waals surface area contributed by atoms with E-state index in [1.165, 1.54) is 17.8 Å². The number of rotatable bonds is 4. The zero-order valence-electron chi connectivity index (χ0n) is 8.56. The molecule has 7 nitrogen and oxygen atoms in total. The van der Waals surface area contributed by atoms with Gasteiger partial charge >= 0.3 is 5.69 Å². The Morgan fingerprint density at radius 3 is 2.87 bits per heavy atom. The van der Waals surface area contributed by atoms with Crippen molar-refractivity contribution < 1.29 is 9.72 Å². The van der Waals surface area contributed by atoms with E-state index < -0.39 is 4.92 Å². The topological polar surface area (TPSA) is 90.1 Å². The predicted octanol–water partition coefficient (Wildman–Crippen LogP) is 0.236. The summed E-state index contributed by atoms with van der Waals surface area (Å²) in [5.41, 5.74) is 0.239. The molecule has 0 fully saturated rings. The third-order valence-electron chi connectivity index (χ3n) is 1.80. The van der Waals surface area contributed by atoms with Crippen LogP contribution < -0.4 is 5.32 Å². The summed E-state index contributed by atoms with van der Waals surface area (Å²) >= 11 is 0. The van der Waals surface area contributed by atoms with Gasteiger partial charge < -0.3 is 5.32 Å². The van der Waals surface area contributed by atoms with Crippen LogP contribution in [-0.4, -0.2) is 27.2 Å². The molecule has 0 bridgehead atoms. The summed E-state index contributed by atoms with van der Waals surface area (Å²) < 4.78 is 1.26. The second-order valence-electron chi connectivity index (χ2n) is 3.01. The highest BCUT2D eigenvalue weighted by Crippen LogP contribution is 2.14. The molecule has 1 heterocycles.